The standard InChI is InChI=1S/C19H21F3N4O2S/c20-19(21,22)16-5-6-23-18(13-16)25-10-7-24(8-11-25)9-12-26-14-15-3-1-2-4-17(15)29(26,27)28/h1-6,13H,7-12,14H2. The van der Waals surface area contributed by atoms with Gasteiger partial charge in [0.1, 0.15) is 5.82 Å². The number of piperazine rings is 1. The van der Waals surface area contributed by atoms with Gasteiger partial charge in [0, 0.05) is 52.0 Å². The van der Waals surface area contributed by atoms with Crippen molar-refractivity contribution in [1.82, 2.24) is 14.2 Å². The molecule has 0 N–H and O–H groups in total. The fraction of sp³-hybridized carbons (Fsp3) is 0.421. The maximum atomic E-state index is 12.9. The van der Waals surface area contributed by atoms with Gasteiger partial charge in [-0.3, -0.25) is 4.90 Å². The van der Waals surface area contributed by atoms with Crippen molar-refractivity contribution in [3.63, 3.8) is 0 Å². The molecule has 2 aliphatic heterocycles. The number of anilines is 1. The molecular weight excluding hydrogens is 405 g/mol. The number of nitrogens with zero attached hydrogens (tertiary/aromatic N) is 4. The summed E-state index contributed by atoms with van der Waals surface area (Å²) in [5.74, 6) is 0.317. The number of hydrogen-bond acceptors (Lipinski definition) is 5. The van der Waals surface area contributed by atoms with Crippen LogP contribution in [0.25, 0.3) is 0 Å². The monoisotopic (exact) mass is 426 g/mol. The summed E-state index contributed by atoms with van der Waals surface area (Å²) >= 11 is 0. The Morgan fingerprint density at radius 1 is 1.00 bits per heavy atom. The van der Waals surface area contributed by atoms with Crippen molar-refractivity contribution in [2.24, 2.45) is 0 Å². The van der Waals surface area contributed by atoms with Crippen LogP contribution < -0.4 is 4.90 Å². The van der Waals surface area contributed by atoms with Crippen molar-refractivity contribution >= 4 is 15.8 Å². The molecule has 4 rings (SSSR count). The van der Waals surface area contributed by atoms with Crippen LogP contribution in [0, 0.1) is 0 Å². The second-order valence-electron chi connectivity index (χ2n) is 7.18. The average molecular weight is 426 g/mol. The number of aromatic nitrogens is 1. The van der Waals surface area contributed by atoms with Crippen molar-refractivity contribution in [3.05, 3.63) is 53.7 Å². The highest BCUT2D eigenvalue weighted by molar-refractivity contribution is 7.89. The molecule has 156 valence electrons. The van der Waals surface area contributed by atoms with Crippen LogP contribution in [-0.4, -0.2) is 61.9 Å². The molecule has 2 aromatic rings. The molecule has 0 spiro atoms. The lowest BCUT2D eigenvalue weighted by Crippen LogP contribution is -2.48. The molecule has 1 saturated heterocycles. The van der Waals surface area contributed by atoms with Gasteiger partial charge in [-0.2, -0.15) is 17.5 Å². The number of halogens is 3. The minimum Gasteiger partial charge on any atom is -0.354 e. The highest BCUT2D eigenvalue weighted by Crippen LogP contribution is 2.31. The van der Waals surface area contributed by atoms with E-state index in [1.165, 1.54) is 10.5 Å². The molecule has 1 fully saturated rings. The minimum atomic E-state index is -4.39. The highest BCUT2D eigenvalue weighted by atomic mass is 32.2. The Kier molecular flexibility index (Phi) is 5.26. The minimum absolute atomic E-state index is 0.317. The van der Waals surface area contributed by atoms with Gasteiger partial charge in [-0.05, 0) is 23.8 Å². The van der Waals surface area contributed by atoms with Crippen LogP contribution in [0.5, 0.6) is 0 Å². The molecular formula is C19H21F3N4O2S. The average Bonchev–Trinajstić information content (AvgIpc) is 2.96. The van der Waals surface area contributed by atoms with E-state index in [1.807, 2.05) is 17.0 Å². The molecule has 0 radical (unpaired) electrons. The van der Waals surface area contributed by atoms with E-state index in [1.54, 1.807) is 12.1 Å². The molecule has 3 heterocycles. The zero-order chi connectivity index (χ0) is 20.6. The van der Waals surface area contributed by atoms with E-state index in [-0.39, 0.29) is 0 Å². The van der Waals surface area contributed by atoms with Crippen molar-refractivity contribution < 1.29 is 21.6 Å². The van der Waals surface area contributed by atoms with Crippen LogP contribution in [0.4, 0.5) is 19.0 Å². The molecule has 2 aliphatic rings. The van der Waals surface area contributed by atoms with E-state index in [2.05, 4.69) is 9.88 Å². The van der Waals surface area contributed by atoms with Crippen LogP contribution in [-0.2, 0) is 22.7 Å². The van der Waals surface area contributed by atoms with E-state index in [0.717, 1.165) is 17.7 Å². The third kappa shape index (κ3) is 4.10. The number of hydrogen-bond donors (Lipinski definition) is 0. The quantitative estimate of drug-likeness (QED) is 0.752. The van der Waals surface area contributed by atoms with Crippen molar-refractivity contribution in [3.8, 4) is 0 Å². The van der Waals surface area contributed by atoms with Gasteiger partial charge in [0.05, 0.1) is 10.5 Å². The van der Waals surface area contributed by atoms with Gasteiger partial charge in [0.25, 0.3) is 0 Å². The Labute approximate surface area is 167 Å². The predicted octanol–water partition coefficient (Wildman–Crippen LogP) is 2.43. The summed E-state index contributed by atoms with van der Waals surface area (Å²) in [6.45, 7) is 3.71. The van der Waals surface area contributed by atoms with E-state index in [4.69, 9.17) is 0 Å². The number of fused-ring (bicyclic) bond motifs is 1. The lowest BCUT2D eigenvalue weighted by atomic mass is 10.2. The maximum Gasteiger partial charge on any atom is 0.416 e. The molecule has 0 bridgehead atoms. The summed E-state index contributed by atoms with van der Waals surface area (Å²) in [4.78, 5) is 8.40. The van der Waals surface area contributed by atoms with E-state index < -0.39 is 21.8 Å². The Morgan fingerprint density at radius 2 is 1.72 bits per heavy atom. The topological polar surface area (TPSA) is 56.8 Å². The smallest absolute Gasteiger partial charge is 0.354 e. The number of rotatable bonds is 4. The van der Waals surface area contributed by atoms with Gasteiger partial charge in [0.15, 0.2) is 0 Å². The molecule has 29 heavy (non-hydrogen) atoms. The van der Waals surface area contributed by atoms with Gasteiger partial charge < -0.3 is 4.90 Å². The van der Waals surface area contributed by atoms with Gasteiger partial charge >= 0.3 is 6.18 Å². The fourth-order valence-corrected chi connectivity index (χ4v) is 5.34. The summed E-state index contributed by atoms with van der Waals surface area (Å²) in [6.07, 6.45) is -3.21. The number of pyridine rings is 1. The first-order chi connectivity index (χ1) is 13.7. The molecule has 0 unspecified atom stereocenters. The van der Waals surface area contributed by atoms with Gasteiger partial charge in [0.2, 0.25) is 10.0 Å². The molecule has 0 saturated carbocycles. The van der Waals surface area contributed by atoms with Crippen molar-refractivity contribution in [2.45, 2.75) is 17.6 Å². The zero-order valence-corrected chi connectivity index (χ0v) is 16.5. The summed E-state index contributed by atoms with van der Waals surface area (Å²) in [5.41, 5.74) is 0.108. The van der Waals surface area contributed by atoms with Crippen LogP contribution in [0.1, 0.15) is 11.1 Å². The number of sulfonamides is 1. The van der Waals surface area contributed by atoms with Crippen LogP contribution >= 0.6 is 0 Å². The summed E-state index contributed by atoms with van der Waals surface area (Å²) in [7, 11) is -3.44. The SMILES string of the molecule is O=S1(=O)c2ccccc2CN1CCN1CCN(c2cc(C(F)(F)F)ccn2)CC1. The Hall–Kier alpha value is -2.17. The second kappa shape index (κ2) is 7.58. The lowest BCUT2D eigenvalue weighted by molar-refractivity contribution is -0.137. The van der Waals surface area contributed by atoms with E-state index in [0.29, 0.717) is 56.5 Å². The van der Waals surface area contributed by atoms with Crippen LogP contribution in [0.3, 0.4) is 0 Å². The Morgan fingerprint density at radius 3 is 2.41 bits per heavy atom. The van der Waals surface area contributed by atoms with Crippen molar-refractivity contribution in [1.29, 1.82) is 0 Å². The Bertz CT molecular complexity index is 989. The third-order valence-corrected chi connectivity index (χ3v) is 7.32. The normalized spacial score (nSPS) is 20.0. The molecule has 1 aromatic heterocycles. The molecule has 1 aromatic carbocycles. The largest absolute Gasteiger partial charge is 0.416 e. The molecule has 6 nitrogen and oxygen atoms in total. The highest BCUT2D eigenvalue weighted by Gasteiger charge is 2.34. The van der Waals surface area contributed by atoms with Crippen molar-refractivity contribution in [2.75, 3.05) is 44.2 Å². The first-order valence-corrected chi connectivity index (χ1v) is 10.8. The first-order valence-electron chi connectivity index (χ1n) is 9.34. The molecule has 10 heteroatoms. The molecule has 0 aliphatic carbocycles. The predicted molar refractivity (Wildman–Crippen MR) is 102 cm³/mol. The van der Waals surface area contributed by atoms with Gasteiger partial charge in [-0.25, -0.2) is 13.4 Å². The maximum absolute atomic E-state index is 12.9. The van der Waals surface area contributed by atoms with Gasteiger partial charge in [-0.1, -0.05) is 18.2 Å². The summed E-state index contributed by atoms with van der Waals surface area (Å²) in [6, 6.07) is 9.05. The first kappa shape index (κ1) is 20.1. The lowest BCUT2D eigenvalue weighted by Gasteiger charge is -2.36. The number of alkyl halides is 3. The van der Waals surface area contributed by atoms with Crippen LogP contribution in [0.2, 0.25) is 0 Å². The molecule has 0 amide bonds. The number of benzene rings is 1. The fourth-order valence-electron chi connectivity index (χ4n) is 3.72. The Balaban J connectivity index is 1.32. The zero-order valence-electron chi connectivity index (χ0n) is 15.6. The van der Waals surface area contributed by atoms with Gasteiger partial charge in [-0.15, -0.1) is 0 Å². The third-order valence-electron chi connectivity index (χ3n) is 5.37. The summed E-state index contributed by atoms with van der Waals surface area (Å²) in [5, 5.41) is 0. The second-order valence-corrected chi connectivity index (χ2v) is 9.08. The summed E-state index contributed by atoms with van der Waals surface area (Å²) < 4.78 is 65.4. The van der Waals surface area contributed by atoms with Crippen LogP contribution in [0.15, 0.2) is 47.5 Å². The van der Waals surface area contributed by atoms with E-state index in [9.17, 15) is 21.6 Å². The van der Waals surface area contributed by atoms with E-state index >= 15 is 0 Å². The molecule has 0 atom stereocenters.